The van der Waals surface area contributed by atoms with Gasteiger partial charge in [0.25, 0.3) is 0 Å². The summed E-state index contributed by atoms with van der Waals surface area (Å²) in [6.07, 6.45) is 6.06. The minimum absolute atomic E-state index is 0.483. The van der Waals surface area contributed by atoms with Crippen molar-refractivity contribution >= 4 is 7.01 Å². The summed E-state index contributed by atoms with van der Waals surface area (Å²) in [5.74, 6) is 0.972. The quantitative estimate of drug-likeness (QED) is 0.366. The Bertz CT molecular complexity index is 217. The molecule has 0 bridgehead atoms. The SMILES string of the molecule is C[I-]S(=O)(=O)CC1CCCCC1. The maximum absolute atomic E-state index is 11.3. The molecule has 0 unspecified atom stereocenters. The molecule has 0 spiro atoms. The average molecular weight is 303 g/mol. The van der Waals surface area contributed by atoms with Gasteiger partial charge < -0.3 is 0 Å². The topological polar surface area (TPSA) is 34.1 Å². The van der Waals surface area contributed by atoms with E-state index in [9.17, 15) is 8.42 Å². The Morgan fingerprint density at radius 3 is 2.33 bits per heavy atom. The number of alkyl halides is 1. The number of hydrogen-bond donors (Lipinski definition) is 0. The van der Waals surface area contributed by atoms with Crippen LogP contribution in [0, 0.1) is 5.92 Å². The normalized spacial score (nSPS) is 21.4. The second-order valence-electron chi connectivity index (χ2n) is 3.36. The molecular formula is C8H16IO2S-. The van der Waals surface area contributed by atoms with Gasteiger partial charge in [0.1, 0.15) is 0 Å². The van der Waals surface area contributed by atoms with E-state index in [1.54, 1.807) is 0 Å². The van der Waals surface area contributed by atoms with Crippen LogP contribution in [0.2, 0.25) is 0 Å². The van der Waals surface area contributed by atoms with Crippen LogP contribution in [0.3, 0.4) is 0 Å². The van der Waals surface area contributed by atoms with Gasteiger partial charge in [-0.3, -0.25) is 0 Å². The molecule has 0 aliphatic heterocycles. The van der Waals surface area contributed by atoms with Crippen LogP contribution in [0.25, 0.3) is 0 Å². The summed E-state index contributed by atoms with van der Waals surface area (Å²) in [4.78, 5) is 1.84. The van der Waals surface area contributed by atoms with E-state index in [-0.39, 0.29) is 0 Å². The van der Waals surface area contributed by atoms with Crippen LogP contribution in [0.5, 0.6) is 0 Å². The molecule has 0 aromatic carbocycles. The van der Waals surface area contributed by atoms with Crippen molar-refractivity contribution in [1.82, 2.24) is 0 Å². The van der Waals surface area contributed by atoms with Crippen molar-refractivity contribution in [2.75, 3.05) is 10.7 Å². The van der Waals surface area contributed by atoms with E-state index in [0.29, 0.717) is 11.7 Å². The Labute approximate surface area is 83.7 Å². The van der Waals surface area contributed by atoms with Crippen LogP contribution < -0.4 is 19.8 Å². The third-order valence-corrected chi connectivity index (χ3v) is 8.84. The summed E-state index contributed by atoms with van der Waals surface area (Å²) in [7, 11) is -2.61. The van der Waals surface area contributed by atoms with Gasteiger partial charge in [0, 0.05) is 0 Å². The van der Waals surface area contributed by atoms with Crippen LogP contribution in [-0.2, 0) is 7.01 Å². The first kappa shape index (κ1) is 10.8. The third-order valence-electron chi connectivity index (χ3n) is 2.39. The van der Waals surface area contributed by atoms with Gasteiger partial charge in [-0.1, -0.05) is 0 Å². The fourth-order valence-corrected chi connectivity index (χ4v) is 5.33. The molecule has 0 aromatic heterocycles. The zero-order valence-corrected chi connectivity index (χ0v) is 10.4. The van der Waals surface area contributed by atoms with Crippen molar-refractivity contribution in [1.29, 1.82) is 0 Å². The molecule has 74 valence electrons. The molecule has 0 atom stereocenters. The van der Waals surface area contributed by atoms with Gasteiger partial charge >= 0.3 is 84.0 Å². The summed E-state index contributed by atoms with van der Waals surface area (Å²) >= 11 is -0.594. The molecule has 0 amide bonds. The average Bonchev–Trinajstić information content (AvgIpc) is 2.06. The van der Waals surface area contributed by atoms with Crippen LogP contribution in [-0.4, -0.2) is 19.1 Å². The predicted octanol–water partition coefficient (Wildman–Crippen LogP) is -1.38. The van der Waals surface area contributed by atoms with Gasteiger partial charge in [-0.25, -0.2) is 0 Å². The number of halogens is 1. The zero-order chi connectivity index (χ0) is 9.03. The van der Waals surface area contributed by atoms with Crippen molar-refractivity contribution in [3.63, 3.8) is 0 Å². The van der Waals surface area contributed by atoms with Crippen LogP contribution >= 0.6 is 0 Å². The third kappa shape index (κ3) is 3.60. The molecule has 1 fully saturated rings. The van der Waals surface area contributed by atoms with Crippen molar-refractivity contribution in [3.8, 4) is 0 Å². The zero-order valence-electron chi connectivity index (χ0n) is 7.42. The monoisotopic (exact) mass is 303 g/mol. The standard InChI is InChI=1S/C8H16IO2S/c1-9-12(10,11)7-8-5-3-2-4-6-8/h8H,2-7H2,1H3/q-1. The second kappa shape index (κ2) is 4.79. The molecule has 0 N–H and O–H groups in total. The summed E-state index contributed by atoms with van der Waals surface area (Å²) in [6.45, 7) is 0. The van der Waals surface area contributed by atoms with E-state index >= 15 is 0 Å². The second-order valence-corrected chi connectivity index (χ2v) is 11.8. The molecule has 0 aromatic rings. The van der Waals surface area contributed by atoms with Gasteiger partial charge in [0.2, 0.25) is 0 Å². The Morgan fingerprint density at radius 1 is 1.25 bits per heavy atom. The Balaban J connectivity index is 2.39. The van der Waals surface area contributed by atoms with Crippen molar-refractivity contribution < 1.29 is 28.2 Å². The van der Waals surface area contributed by atoms with Crippen LogP contribution in [0.15, 0.2) is 0 Å². The van der Waals surface area contributed by atoms with Crippen molar-refractivity contribution in [3.05, 3.63) is 0 Å². The van der Waals surface area contributed by atoms with Crippen molar-refractivity contribution in [2.45, 2.75) is 32.1 Å². The van der Waals surface area contributed by atoms with Crippen LogP contribution in [0.1, 0.15) is 32.1 Å². The molecule has 0 saturated heterocycles. The summed E-state index contributed by atoms with van der Waals surface area (Å²) in [5, 5.41) is 0. The summed E-state index contributed by atoms with van der Waals surface area (Å²) in [5.41, 5.74) is 0. The minimum atomic E-state index is -2.61. The summed E-state index contributed by atoms with van der Waals surface area (Å²) in [6, 6.07) is 0. The molecule has 1 rings (SSSR count). The van der Waals surface area contributed by atoms with Crippen molar-refractivity contribution in [2.24, 2.45) is 5.92 Å². The molecular weight excluding hydrogens is 287 g/mol. The molecule has 1 aliphatic carbocycles. The summed E-state index contributed by atoms with van der Waals surface area (Å²) < 4.78 is 22.6. The Morgan fingerprint density at radius 2 is 1.83 bits per heavy atom. The molecule has 0 heterocycles. The van der Waals surface area contributed by atoms with Gasteiger partial charge in [0.15, 0.2) is 0 Å². The Kier molecular flexibility index (Phi) is 4.29. The first-order valence-electron chi connectivity index (χ1n) is 4.38. The number of hydrogen-bond acceptors (Lipinski definition) is 2. The maximum atomic E-state index is 11.3. The first-order chi connectivity index (χ1) is 5.64. The van der Waals surface area contributed by atoms with E-state index in [1.807, 2.05) is 4.93 Å². The molecule has 1 saturated carbocycles. The molecule has 0 radical (unpaired) electrons. The van der Waals surface area contributed by atoms with E-state index < -0.39 is 26.8 Å². The van der Waals surface area contributed by atoms with Gasteiger partial charge in [-0.2, -0.15) is 0 Å². The van der Waals surface area contributed by atoms with E-state index in [0.717, 1.165) is 12.8 Å². The van der Waals surface area contributed by atoms with Crippen LogP contribution in [0.4, 0.5) is 0 Å². The van der Waals surface area contributed by atoms with E-state index in [4.69, 9.17) is 0 Å². The van der Waals surface area contributed by atoms with Gasteiger partial charge in [0.05, 0.1) is 0 Å². The fraction of sp³-hybridized carbons (Fsp3) is 1.00. The van der Waals surface area contributed by atoms with E-state index in [1.165, 1.54) is 19.3 Å². The molecule has 4 heteroatoms. The van der Waals surface area contributed by atoms with Gasteiger partial charge in [-0.15, -0.1) is 0 Å². The Hall–Kier alpha value is 0.680. The predicted molar refractivity (Wildman–Crippen MR) is 46.3 cm³/mol. The number of rotatable bonds is 3. The fourth-order valence-electron chi connectivity index (χ4n) is 1.70. The van der Waals surface area contributed by atoms with Gasteiger partial charge in [-0.05, 0) is 0 Å². The molecule has 1 aliphatic rings. The molecule has 12 heavy (non-hydrogen) atoms. The van der Waals surface area contributed by atoms with E-state index in [2.05, 4.69) is 0 Å². The first-order valence-corrected chi connectivity index (χ1v) is 10.7. The molecule has 2 nitrogen and oxygen atoms in total.